The number of allylic oxidation sites excluding steroid dienone is 12. The molecule has 0 radical (unpaired) electrons. The van der Waals surface area contributed by atoms with Crippen LogP contribution in [0.25, 0.3) is 22.5 Å². The molecule has 0 spiro atoms. The minimum atomic E-state index is 0.667. The Morgan fingerprint density at radius 2 is 1.50 bits per heavy atom. The van der Waals surface area contributed by atoms with E-state index in [2.05, 4.69) is 36.3 Å². The van der Waals surface area contributed by atoms with Crippen LogP contribution in [0.15, 0.2) is 124 Å². The third kappa shape index (κ3) is 5.61. The van der Waals surface area contributed by atoms with Gasteiger partial charge in [0.2, 0.25) is 0 Å². The maximum atomic E-state index is 4.68. The zero-order valence-corrected chi connectivity index (χ0v) is 16.0. The van der Waals surface area contributed by atoms with Gasteiger partial charge in [0.1, 0.15) is 0 Å². The molecule has 2 heteroatoms. The Morgan fingerprint density at radius 1 is 0.750 bits per heavy atom. The highest BCUT2D eigenvalue weighted by Crippen LogP contribution is 2.22. The Morgan fingerprint density at radius 3 is 2.14 bits per heavy atom. The molecule has 1 aromatic carbocycles. The monoisotopic (exact) mass is 364 g/mol. The molecule has 28 heavy (non-hydrogen) atoms. The van der Waals surface area contributed by atoms with E-state index < -0.39 is 0 Å². The van der Waals surface area contributed by atoms with Crippen LogP contribution in [0.3, 0.4) is 0 Å². The summed E-state index contributed by atoms with van der Waals surface area (Å²) in [6, 6.07) is 10.00. The lowest BCUT2D eigenvalue weighted by Gasteiger charge is -2.06. The molecule has 138 valence electrons. The lowest BCUT2D eigenvalue weighted by molar-refractivity contribution is 1.15. The summed E-state index contributed by atoms with van der Waals surface area (Å²) < 4.78 is 0. The summed E-state index contributed by atoms with van der Waals surface area (Å²) in [4.78, 5) is 9.10. The molecule has 0 saturated heterocycles. The van der Waals surface area contributed by atoms with E-state index in [-0.39, 0.29) is 0 Å². The predicted molar refractivity (Wildman–Crippen MR) is 122 cm³/mol. The molecule has 2 rings (SSSR count). The molecule has 0 unspecified atom stereocenters. The fourth-order valence-corrected chi connectivity index (χ4v) is 2.51. The smallest absolute Gasteiger partial charge is 0.159 e. The predicted octanol–water partition coefficient (Wildman–Crippen LogP) is 6.77. The van der Waals surface area contributed by atoms with E-state index in [1.165, 1.54) is 0 Å². The third-order valence-electron chi connectivity index (χ3n) is 3.88. The molecule has 0 N–H and O–H groups in total. The fraction of sp³-hybridized carbons (Fsp3) is 0. The largest absolute Gasteiger partial charge is 0.237 e. The molecular formula is C26H24N2. The van der Waals surface area contributed by atoms with E-state index in [1.807, 2.05) is 66.8 Å². The topological polar surface area (TPSA) is 25.8 Å². The van der Waals surface area contributed by atoms with Crippen molar-refractivity contribution >= 4 is 11.1 Å². The maximum Gasteiger partial charge on any atom is 0.159 e. The molecule has 1 aromatic heterocycles. The molecule has 0 aliphatic rings. The molecule has 0 saturated carbocycles. The highest BCUT2D eigenvalue weighted by atomic mass is 14.9. The maximum absolute atomic E-state index is 4.68. The first-order valence-electron chi connectivity index (χ1n) is 8.91. The quantitative estimate of drug-likeness (QED) is 0.459. The van der Waals surface area contributed by atoms with Crippen LogP contribution in [0.5, 0.6) is 0 Å². The second kappa shape index (κ2) is 11.0. The van der Waals surface area contributed by atoms with E-state index in [0.29, 0.717) is 5.82 Å². The van der Waals surface area contributed by atoms with Gasteiger partial charge in [0.25, 0.3) is 0 Å². The third-order valence-corrected chi connectivity index (χ3v) is 3.88. The lowest BCUT2D eigenvalue weighted by atomic mass is 10.0. The van der Waals surface area contributed by atoms with E-state index in [4.69, 9.17) is 0 Å². The van der Waals surface area contributed by atoms with Gasteiger partial charge in [-0.3, -0.25) is 0 Å². The number of hydrogen-bond acceptors (Lipinski definition) is 2. The van der Waals surface area contributed by atoms with Crippen molar-refractivity contribution in [2.45, 2.75) is 0 Å². The van der Waals surface area contributed by atoms with Gasteiger partial charge in [-0.25, -0.2) is 9.97 Å². The number of nitrogens with zero attached hydrogens (tertiary/aromatic N) is 2. The van der Waals surface area contributed by atoms with Gasteiger partial charge in [0.15, 0.2) is 5.82 Å². The molecule has 0 fully saturated rings. The van der Waals surface area contributed by atoms with Gasteiger partial charge in [-0.1, -0.05) is 111 Å². The molecule has 0 aliphatic heterocycles. The average molecular weight is 364 g/mol. The van der Waals surface area contributed by atoms with Crippen molar-refractivity contribution in [3.63, 3.8) is 0 Å². The zero-order chi connectivity index (χ0) is 20.2. The van der Waals surface area contributed by atoms with E-state index in [0.717, 1.165) is 28.0 Å². The summed E-state index contributed by atoms with van der Waals surface area (Å²) in [6.45, 7) is 15.0. The second-order valence-corrected chi connectivity index (χ2v) is 5.74. The van der Waals surface area contributed by atoms with Crippen LogP contribution < -0.4 is 0 Å². The highest BCUT2D eigenvalue weighted by Gasteiger charge is 2.06. The first-order valence-corrected chi connectivity index (χ1v) is 8.91. The van der Waals surface area contributed by atoms with Crippen LogP contribution in [0.2, 0.25) is 0 Å². The molecule has 0 atom stereocenters. The van der Waals surface area contributed by atoms with Gasteiger partial charge in [-0.05, 0) is 22.8 Å². The van der Waals surface area contributed by atoms with Crippen molar-refractivity contribution in [2.24, 2.45) is 0 Å². The van der Waals surface area contributed by atoms with Gasteiger partial charge in [-0.2, -0.15) is 0 Å². The normalized spacial score (nSPS) is 12.3. The summed E-state index contributed by atoms with van der Waals surface area (Å²) in [5.74, 6) is 0.667. The average Bonchev–Trinajstić information content (AvgIpc) is 2.74. The van der Waals surface area contributed by atoms with E-state index in [9.17, 15) is 0 Å². The zero-order valence-electron chi connectivity index (χ0n) is 16.0. The highest BCUT2D eigenvalue weighted by molar-refractivity contribution is 5.77. The van der Waals surface area contributed by atoms with Crippen molar-refractivity contribution in [3.05, 3.63) is 135 Å². The Kier molecular flexibility index (Phi) is 8.10. The Labute approximate surface area is 167 Å². The summed E-state index contributed by atoms with van der Waals surface area (Å²) in [7, 11) is 0. The SMILES string of the molecule is C=C/C=C\C=C(/C=C)c1ccnc(-c2ccc(C(/C=C\C=C)=C/C=C)cc2)n1. The van der Waals surface area contributed by atoms with Gasteiger partial charge in [0.05, 0.1) is 5.69 Å². The Balaban J connectivity index is 2.36. The van der Waals surface area contributed by atoms with Crippen molar-refractivity contribution in [1.29, 1.82) is 0 Å². The summed E-state index contributed by atoms with van der Waals surface area (Å²) in [6.07, 6.45) is 20.4. The Bertz CT molecular complexity index is 968. The van der Waals surface area contributed by atoms with E-state index >= 15 is 0 Å². The number of benzene rings is 1. The van der Waals surface area contributed by atoms with Crippen molar-refractivity contribution in [3.8, 4) is 11.4 Å². The minimum absolute atomic E-state index is 0.667. The molecular weight excluding hydrogens is 340 g/mol. The standard InChI is InChI=1S/C26H24N2/c1-5-9-11-14-21(8-4)25-19-20-27-26(28-25)24-17-15-23(16-18-24)22(12-7-3)13-10-6-2/h5-20H,1-4H2/b11-9-,13-10-,21-14+,22-12+. The minimum Gasteiger partial charge on any atom is -0.237 e. The van der Waals surface area contributed by atoms with Crippen LogP contribution >= 0.6 is 0 Å². The van der Waals surface area contributed by atoms with Crippen LogP contribution in [-0.4, -0.2) is 9.97 Å². The van der Waals surface area contributed by atoms with Crippen LogP contribution in [0.4, 0.5) is 0 Å². The van der Waals surface area contributed by atoms with Crippen molar-refractivity contribution in [1.82, 2.24) is 9.97 Å². The van der Waals surface area contributed by atoms with Gasteiger partial charge in [0, 0.05) is 11.8 Å². The fourth-order valence-electron chi connectivity index (χ4n) is 2.51. The van der Waals surface area contributed by atoms with Gasteiger partial charge < -0.3 is 0 Å². The Hall–Kier alpha value is -3.78. The van der Waals surface area contributed by atoms with Gasteiger partial charge >= 0.3 is 0 Å². The second-order valence-electron chi connectivity index (χ2n) is 5.74. The van der Waals surface area contributed by atoms with Crippen LogP contribution in [-0.2, 0) is 0 Å². The summed E-state index contributed by atoms with van der Waals surface area (Å²) >= 11 is 0. The van der Waals surface area contributed by atoms with Gasteiger partial charge in [-0.15, -0.1) is 0 Å². The van der Waals surface area contributed by atoms with Crippen molar-refractivity contribution < 1.29 is 0 Å². The molecule has 1 heterocycles. The molecule has 0 aliphatic carbocycles. The molecule has 2 nitrogen and oxygen atoms in total. The van der Waals surface area contributed by atoms with Crippen molar-refractivity contribution in [2.75, 3.05) is 0 Å². The first-order chi connectivity index (χ1) is 13.7. The van der Waals surface area contributed by atoms with E-state index in [1.54, 1.807) is 30.5 Å². The molecule has 2 aromatic rings. The van der Waals surface area contributed by atoms with Crippen LogP contribution in [0, 0.1) is 0 Å². The van der Waals surface area contributed by atoms with Crippen LogP contribution in [0.1, 0.15) is 11.3 Å². The number of rotatable bonds is 9. The first kappa shape index (κ1) is 20.5. The molecule has 0 bridgehead atoms. The summed E-state index contributed by atoms with van der Waals surface area (Å²) in [5.41, 5.74) is 4.82. The molecule has 0 amide bonds. The number of aromatic nitrogens is 2. The number of hydrogen-bond donors (Lipinski definition) is 0. The lowest BCUT2D eigenvalue weighted by Crippen LogP contribution is -1.94. The summed E-state index contributed by atoms with van der Waals surface area (Å²) in [5, 5.41) is 0.